The second kappa shape index (κ2) is 6.86. The van der Waals surface area contributed by atoms with Crippen LogP contribution in [0.4, 0.5) is 5.69 Å². The molecule has 0 unspecified atom stereocenters. The molecule has 0 saturated heterocycles. The van der Waals surface area contributed by atoms with Gasteiger partial charge in [-0.25, -0.2) is 23.4 Å². The molecule has 9 heteroatoms. The lowest BCUT2D eigenvalue weighted by atomic mass is 10.2. The van der Waals surface area contributed by atoms with Gasteiger partial charge in [0.15, 0.2) is 9.84 Å². The predicted octanol–water partition coefficient (Wildman–Crippen LogP) is 2.47. The molecule has 1 amide bonds. The van der Waals surface area contributed by atoms with Crippen LogP contribution in [0.15, 0.2) is 72.1 Å². The zero-order valence-corrected chi connectivity index (χ0v) is 15.6. The Labute approximate surface area is 160 Å². The number of nitrogens with zero attached hydrogens (tertiary/aromatic N) is 4. The predicted molar refractivity (Wildman–Crippen MR) is 104 cm³/mol. The molecule has 0 saturated carbocycles. The first-order chi connectivity index (χ1) is 13.4. The van der Waals surface area contributed by atoms with Gasteiger partial charge in [-0.3, -0.25) is 9.36 Å². The number of anilines is 1. The Balaban J connectivity index is 1.70. The highest BCUT2D eigenvalue weighted by Crippen LogP contribution is 2.20. The lowest BCUT2D eigenvalue weighted by molar-refractivity contribution is 0.101. The highest BCUT2D eigenvalue weighted by Gasteiger charge is 2.15. The summed E-state index contributed by atoms with van der Waals surface area (Å²) in [5.74, 6) is 0.0366. The molecule has 0 radical (unpaired) electrons. The number of para-hydroxylation sites is 1. The highest BCUT2D eigenvalue weighted by molar-refractivity contribution is 7.90. The van der Waals surface area contributed by atoms with Crippen LogP contribution in [-0.2, 0) is 9.84 Å². The number of aromatic nitrogens is 4. The number of hydrogen-bond donors (Lipinski definition) is 1. The molecule has 4 aromatic rings. The molecule has 1 N–H and O–H groups in total. The fraction of sp³-hybridized carbons (Fsp3) is 0.0526. The average molecular weight is 393 g/mol. The van der Waals surface area contributed by atoms with Crippen molar-refractivity contribution in [3.05, 3.63) is 73.1 Å². The Morgan fingerprint density at radius 2 is 1.79 bits per heavy atom. The van der Waals surface area contributed by atoms with Gasteiger partial charge in [0.2, 0.25) is 5.82 Å². The van der Waals surface area contributed by atoms with Crippen LogP contribution in [0.2, 0.25) is 0 Å². The van der Waals surface area contributed by atoms with Gasteiger partial charge in [0.1, 0.15) is 12.1 Å². The van der Waals surface area contributed by atoms with Crippen LogP contribution in [-0.4, -0.2) is 40.1 Å². The maximum Gasteiger partial charge on any atom is 0.293 e. The number of nitrogens with one attached hydrogen (secondary N) is 1. The Morgan fingerprint density at radius 3 is 2.46 bits per heavy atom. The minimum atomic E-state index is -3.30. The van der Waals surface area contributed by atoms with E-state index in [1.807, 2.05) is 18.2 Å². The SMILES string of the molecule is CS(=O)(=O)c1ccc(NC(=O)c2nc(-n3ccnc3)c3ccccc3n2)cc1. The van der Waals surface area contributed by atoms with Gasteiger partial charge in [-0.2, -0.15) is 0 Å². The van der Waals surface area contributed by atoms with Crippen molar-refractivity contribution < 1.29 is 13.2 Å². The molecule has 2 aromatic heterocycles. The first-order valence-electron chi connectivity index (χ1n) is 8.28. The van der Waals surface area contributed by atoms with Gasteiger partial charge < -0.3 is 5.32 Å². The van der Waals surface area contributed by atoms with E-state index in [1.165, 1.54) is 24.3 Å². The summed E-state index contributed by atoms with van der Waals surface area (Å²) < 4.78 is 24.8. The topological polar surface area (TPSA) is 107 Å². The van der Waals surface area contributed by atoms with Crippen LogP contribution in [0.1, 0.15) is 10.6 Å². The van der Waals surface area contributed by atoms with Crippen molar-refractivity contribution in [1.82, 2.24) is 19.5 Å². The number of hydrogen-bond acceptors (Lipinski definition) is 6. The summed E-state index contributed by atoms with van der Waals surface area (Å²) in [7, 11) is -3.30. The van der Waals surface area contributed by atoms with E-state index in [1.54, 1.807) is 29.4 Å². The summed E-state index contributed by atoms with van der Waals surface area (Å²) in [6.45, 7) is 0. The summed E-state index contributed by atoms with van der Waals surface area (Å²) in [5.41, 5.74) is 1.07. The summed E-state index contributed by atoms with van der Waals surface area (Å²) in [4.78, 5) is 25.6. The molecule has 0 bridgehead atoms. The van der Waals surface area contributed by atoms with Crippen molar-refractivity contribution in [2.45, 2.75) is 4.90 Å². The van der Waals surface area contributed by atoms with E-state index in [2.05, 4.69) is 20.3 Å². The van der Waals surface area contributed by atoms with E-state index in [-0.39, 0.29) is 10.7 Å². The normalized spacial score (nSPS) is 11.5. The van der Waals surface area contributed by atoms with Gasteiger partial charge >= 0.3 is 0 Å². The van der Waals surface area contributed by atoms with Gasteiger partial charge in [-0.15, -0.1) is 0 Å². The van der Waals surface area contributed by atoms with Gasteiger partial charge in [-0.05, 0) is 36.4 Å². The lowest BCUT2D eigenvalue weighted by Gasteiger charge is -2.10. The molecule has 8 nitrogen and oxygen atoms in total. The minimum Gasteiger partial charge on any atom is -0.319 e. The molecular weight excluding hydrogens is 378 g/mol. The van der Waals surface area contributed by atoms with Crippen LogP contribution in [0.5, 0.6) is 0 Å². The summed E-state index contributed by atoms with van der Waals surface area (Å²) in [6.07, 6.45) is 6.09. The Kier molecular flexibility index (Phi) is 4.36. The molecule has 4 rings (SSSR count). The van der Waals surface area contributed by atoms with Gasteiger partial charge in [0, 0.05) is 29.7 Å². The Morgan fingerprint density at radius 1 is 1.04 bits per heavy atom. The third-order valence-electron chi connectivity index (χ3n) is 4.08. The molecule has 28 heavy (non-hydrogen) atoms. The number of rotatable bonds is 4. The zero-order valence-electron chi connectivity index (χ0n) is 14.8. The second-order valence-corrected chi connectivity index (χ2v) is 8.12. The van der Waals surface area contributed by atoms with Gasteiger partial charge in [0.05, 0.1) is 10.4 Å². The number of benzene rings is 2. The molecule has 0 aliphatic rings. The molecule has 0 aliphatic heterocycles. The maximum atomic E-state index is 12.7. The summed E-state index contributed by atoms with van der Waals surface area (Å²) in [6, 6.07) is 13.3. The van der Waals surface area contributed by atoms with Crippen LogP contribution < -0.4 is 5.32 Å². The van der Waals surface area contributed by atoms with E-state index in [9.17, 15) is 13.2 Å². The number of imidazole rings is 1. The second-order valence-electron chi connectivity index (χ2n) is 6.11. The fourth-order valence-corrected chi connectivity index (χ4v) is 3.35. The molecule has 0 spiro atoms. The van der Waals surface area contributed by atoms with Crippen molar-refractivity contribution in [3.63, 3.8) is 0 Å². The number of amides is 1. The van der Waals surface area contributed by atoms with Gasteiger partial charge in [-0.1, -0.05) is 12.1 Å². The number of fused-ring (bicyclic) bond motifs is 1. The zero-order chi connectivity index (χ0) is 19.7. The lowest BCUT2D eigenvalue weighted by Crippen LogP contribution is -2.17. The molecule has 2 aromatic carbocycles. The molecule has 0 fully saturated rings. The van der Waals surface area contributed by atoms with Crippen molar-refractivity contribution in [2.24, 2.45) is 0 Å². The number of carbonyl (C=O) groups is 1. The molecule has 2 heterocycles. The largest absolute Gasteiger partial charge is 0.319 e. The van der Waals surface area contributed by atoms with E-state index < -0.39 is 15.7 Å². The van der Waals surface area contributed by atoms with Crippen LogP contribution >= 0.6 is 0 Å². The van der Waals surface area contributed by atoms with Crippen molar-refractivity contribution in [1.29, 1.82) is 0 Å². The first-order valence-corrected chi connectivity index (χ1v) is 10.2. The van der Waals surface area contributed by atoms with Crippen molar-refractivity contribution >= 4 is 32.3 Å². The Bertz CT molecular complexity index is 1270. The quantitative estimate of drug-likeness (QED) is 0.571. The standard InChI is InChI=1S/C19H15N5O3S/c1-28(26,27)14-8-6-13(7-9-14)21-19(25)17-22-16-5-3-2-4-15(16)18(23-17)24-11-10-20-12-24/h2-12H,1H3,(H,21,25). The molecule has 0 aliphatic carbocycles. The monoisotopic (exact) mass is 393 g/mol. The molecule has 0 atom stereocenters. The van der Waals surface area contributed by atoms with E-state index in [4.69, 9.17) is 0 Å². The third-order valence-corrected chi connectivity index (χ3v) is 5.20. The van der Waals surface area contributed by atoms with Crippen LogP contribution in [0, 0.1) is 0 Å². The van der Waals surface area contributed by atoms with Crippen LogP contribution in [0.25, 0.3) is 16.7 Å². The smallest absolute Gasteiger partial charge is 0.293 e. The Hall–Kier alpha value is -3.59. The van der Waals surface area contributed by atoms with E-state index >= 15 is 0 Å². The van der Waals surface area contributed by atoms with Crippen LogP contribution in [0.3, 0.4) is 0 Å². The van der Waals surface area contributed by atoms with Gasteiger partial charge in [0.25, 0.3) is 5.91 Å². The minimum absolute atomic E-state index is 0.00501. The molecule has 140 valence electrons. The number of sulfone groups is 1. The number of carbonyl (C=O) groups excluding carboxylic acids is 1. The fourth-order valence-electron chi connectivity index (χ4n) is 2.72. The highest BCUT2D eigenvalue weighted by atomic mass is 32.2. The van der Waals surface area contributed by atoms with Crippen molar-refractivity contribution in [2.75, 3.05) is 11.6 Å². The summed E-state index contributed by atoms with van der Waals surface area (Å²) in [5, 5.41) is 3.48. The maximum absolute atomic E-state index is 12.7. The first kappa shape index (κ1) is 17.8. The third kappa shape index (κ3) is 3.47. The summed E-state index contributed by atoms with van der Waals surface area (Å²) >= 11 is 0. The molecular formula is C19H15N5O3S. The van der Waals surface area contributed by atoms with Crippen molar-refractivity contribution in [3.8, 4) is 5.82 Å². The van der Waals surface area contributed by atoms with E-state index in [0.717, 1.165) is 11.6 Å². The average Bonchev–Trinajstić information content (AvgIpc) is 3.21. The van der Waals surface area contributed by atoms with E-state index in [0.29, 0.717) is 17.0 Å².